The number of non-ortho nitro benzene ring substituents is 1. The van der Waals surface area contributed by atoms with Crippen LogP contribution in [-0.4, -0.2) is 21.1 Å². The van der Waals surface area contributed by atoms with Crippen molar-refractivity contribution in [2.75, 3.05) is 0 Å². The Balaban J connectivity index is 3.28. The van der Waals surface area contributed by atoms with Gasteiger partial charge in [0.1, 0.15) is 5.75 Å². The summed E-state index contributed by atoms with van der Waals surface area (Å²) in [5, 5.41) is 30.5. The highest BCUT2D eigenvalue weighted by Crippen LogP contribution is 2.22. The molecule has 0 fully saturated rings. The zero-order chi connectivity index (χ0) is 10.7. The topological polar surface area (TPSA) is 122 Å². The maximum absolute atomic E-state index is 10.4. The SMILES string of the molecule is NC(=NO)c1cc([N+](=O)[O-])ccc1O. The lowest BCUT2D eigenvalue weighted by Gasteiger charge is -2.01. The highest BCUT2D eigenvalue weighted by Gasteiger charge is 2.12. The van der Waals surface area contributed by atoms with Gasteiger partial charge in [-0.1, -0.05) is 5.16 Å². The van der Waals surface area contributed by atoms with Crippen LogP contribution in [0.1, 0.15) is 5.56 Å². The van der Waals surface area contributed by atoms with Gasteiger partial charge in [-0.05, 0) is 6.07 Å². The first-order chi connectivity index (χ1) is 6.56. The van der Waals surface area contributed by atoms with Crippen LogP contribution in [0.2, 0.25) is 0 Å². The maximum atomic E-state index is 10.4. The van der Waals surface area contributed by atoms with Gasteiger partial charge in [-0.3, -0.25) is 10.1 Å². The first-order valence-electron chi connectivity index (χ1n) is 3.51. The van der Waals surface area contributed by atoms with E-state index in [-0.39, 0.29) is 22.8 Å². The zero-order valence-electron chi connectivity index (χ0n) is 6.91. The fourth-order valence-corrected chi connectivity index (χ4v) is 0.897. The number of hydrogen-bond donors (Lipinski definition) is 3. The van der Waals surface area contributed by atoms with Crippen molar-refractivity contribution in [3.8, 4) is 5.75 Å². The van der Waals surface area contributed by atoms with Crippen molar-refractivity contribution in [2.24, 2.45) is 10.9 Å². The summed E-state index contributed by atoms with van der Waals surface area (Å²) in [7, 11) is 0. The highest BCUT2D eigenvalue weighted by molar-refractivity contribution is 6.00. The molecule has 0 aliphatic carbocycles. The number of phenols is 1. The Morgan fingerprint density at radius 1 is 1.57 bits per heavy atom. The fraction of sp³-hybridized carbons (Fsp3) is 0. The quantitative estimate of drug-likeness (QED) is 0.208. The number of oxime groups is 1. The molecule has 0 amide bonds. The molecule has 1 aromatic rings. The molecule has 0 radical (unpaired) electrons. The van der Waals surface area contributed by atoms with E-state index in [9.17, 15) is 15.2 Å². The van der Waals surface area contributed by atoms with Gasteiger partial charge in [0, 0.05) is 12.1 Å². The van der Waals surface area contributed by atoms with Crippen LogP contribution < -0.4 is 5.73 Å². The third-order valence-electron chi connectivity index (χ3n) is 1.57. The smallest absolute Gasteiger partial charge is 0.270 e. The molecule has 0 spiro atoms. The minimum atomic E-state index is -0.645. The lowest BCUT2D eigenvalue weighted by atomic mass is 10.1. The van der Waals surface area contributed by atoms with Crippen LogP contribution in [0.5, 0.6) is 5.75 Å². The molecule has 0 saturated carbocycles. The van der Waals surface area contributed by atoms with Gasteiger partial charge < -0.3 is 16.0 Å². The monoisotopic (exact) mass is 197 g/mol. The van der Waals surface area contributed by atoms with Crippen molar-refractivity contribution in [3.05, 3.63) is 33.9 Å². The third-order valence-corrected chi connectivity index (χ3v) is 1.57. The van der Waals surface area contributed by atoms with Gasteiger partial charge in [-0.15, -0.1) is 0 Å². The largest absolute Gasteiger partial charge is 0.507 e. The van der Waals surface area contributed by atoms with Crippen LogP contribution in [-0.2, 0) is 0 Å². The summed E-state index contributed by atoms with van der Waals surface area (Å²) in [6, 6.07) is 3.24. The number of nitro benzene ring substituents is 1. The molecule has 1 rings (SSSR count). The minimum Gasteiger partial charge on any atom is -0.507 e. The molecule has 4 N–H and O–H groups in total. The third kappa shape index (κ3) is 1.71. The van der Waals surface area contributed by atoms with Gasteiger partial charge in [-0.25, -0.2) is 0 Å². The molecule has 0 aliphatic rings. The van der Waals surface area contributed by atoms with E-state index in [0.717, 1.165) is 18.2 Å². The zero-order valence-corrected chi connectivity index (χ0v) is 6.91. The molecule has 0 heterocycles. The minimum absolute atomic E-state index is 0.0818. The second-order valence-electron chi connectivity index (χ2n) is 2.44. The summed E-state index contributed by atoms with van der Waals surface area (Å²) in [6.07, 6.45) is 0. The average Bonchev–Trinajstić information content (AvgIpc) is 2.17. The number of nitrogens with zero attached hydrogens (tertiary/aromatic N) is 2. The number of rotatable bonds is 2. The number of amidine groups is 1. The lowest BCUT2D eigenvalue weighted by molar-refractivity contribution is -0.384. The molecule has 0 unspecified atom stereocenters. The molecule has 7 nitrogen and oxygen atoms in total. The van der Waals surface area contributed by atoms with E-state index in [4.69, 9.17) is 10.9 Å². The maximum Gasteiger partial charge on any atom is 0.270 e. The normalized spacial score (nSPS) is 11.3. The van der Waals surface area contributed by atoms with Crippen LogP contribution in [0, 0.1) is 10.1 Å². The van der Waals surface area contributed by atoms with Crippen molar-refractivity contribution >= 4 is 11.5 Å². The molecular formula is C7H7N3O4. The van der Waals surface area contributed by atoms with Gasteiger partial charge in [-0.2, -0.15) is 0 Å². The molecule has 0 aromatic heterocycles. The molecular weight excluding hydrogens is 190 g/mol. The van der Waals surface area contributed by atoms with Gasteiger partial charge in [0.25, 0.3) is 5.69 Å². The molecule has 74 valence electrons. The number of nitrogens with two attached hydrogens (primary N) is 1. The van der Waals surface area contributed by atoms with Crippen LogP contribution >= 0.6 is 0 Å². The molecule has 0 atom stereocenters. The summed E-state index contributed by atoms with van der Waals surface area (Å²) < 4.78 is 0. The predicted octanol–water partition coefficient (Wildman–Crippen LogP) is 0.395. The predicted molar refractivity (Wildman–Crippen MR) is 47.3 cm³/mol. The molecule has 7 heteroatoms. The van der Waals surface area contributed by atoms with Crippen LogP contribution in [0.3, 0.4) is 0 Å². The van der Waals surface area contributed by atoms with E-state index in [0.29, 0.717) is 0 Å². The van der Waals surface area contributed by atoms with E-state index in [2.05, 4.69) is 5.16 Å². The highest BCUT2D eigenvalue weighted by atomic mass is 16.6. The Labute approximate surface area is 78.2 Å². The van der Waals surface area contributed by atoms with Gasteiger partial charge in [0.2, 0.25) is 0 Å². The second kappa shape index (κ2) is 3.60. The Bertz CT molecular complexity index is 402. The lowest BCUT2D eigenvalue weighted by Crippen LogP contribution is -2.13. The second-order valence-corrected chi connectivity index (χ2v) is 2.44. The first kappa shape index (κ1) is 9.78. The summed E-state index contributed by atoms with van der Waals surface area (Å²) in [5.74, 6) is -0.669. The van der Waals surface area contributed by atoms with Crippen molar-refractivity contribution < 1.29 is 15.2 Å². The van der Waals surface area contributed by atoms with E-state index < -0.39 is 4.92 Å². The number of hydrogen-bond acceptors (Lipinski definition) is 5. The van der Waals surface area contributed by atoms with Crippen LogP contribution in [0.25, 0.3) is 0 Å². The number of aromatic hydroxyl groups is 1. The van der Waals surface area contributed by atoms with E-state index >= 15 is 0 Å². The molecule has 1 aromatic carbocycles. The molecule has 0 bridgehead atoms. The Morgan fingerprint density at radius 3 is 2.71 bits per heavy atom. The summed E-state index contributed by atoms with van der Waals surface area (Å²) >= 11 is 0. The van der Waals surface area contributed by atoms with Crippen molar-refractivity contribution in [3.63, 3.8) is 0 Å². The summed E-state index contributed by atoms with van der Waals surface area (Å²) in [5.41, 5.74) is 4.85. The van der Waals surface area contributed by atoms with Crippen LogP contribution in [0.15, 0.2) is 23.4 Å². The number of benzene rings is 1. The van der Waals surface area contributed by atoms with Gasteiger partial charge in [0.15, 0.2) is 5.84 Å². The van der Waals surface area contributed by atoms with Crippen molar-refractivity contribution in [1.29, 1.82) is 0 Å². The summed E-state index contributed by atoms with van der Waals surface area (Å²) in [6.45, 7) is 0. The standard InChI is InChI=1S/C7H7N3O4/c8-7(9-12)5-3-4(10(13)14)1-2-6(5)11/h1-3,11-12H,(H2,8,9). The van der Waals surface area contributed by atoms with E-state index in [1.54, 1.807) is 0 Å². The Hall–Kier alpha value is -2.31. The molecule has 14 heavy (non-hydrogen) atoms. The fourth-order valence-electron chi connectivity index (χ4n) is 0.897. The van der Waals surface area contributed by atoms with Gasteiger partial charge in [0.05, 0.1) is 10.5 Å². The average molecular weight is 197 g/mol. The van der Waals surface area contributed by atoms with Crippen molar-refractivity contribution in [1.82, 2.24) is 0 Å². The van der Waals surface area contributed by atoms with Crippen molar-refractivity contribution in [2.45, 2.75) is 0 Å². The van der Waals surface area contributed by atoms with E-state index in [1.807, 2.05) is 0 Å². The summed E-state index contributed by atoms with van der Waals surface area (Å²) in [4.78, 5) is 9.71. The molecule has 0 saturated heterocycles. The number of nitro groups is 1. The Kier molecular flexibility index (Phi) is 2.52. The van der Waals surface area contributed by atoms with E-state index in [1.165, 1.54) is 0 Å². The first-order valence-corrected chi connectivity index (χ1v) is 3.51. The van der Waals surface area contributed by atoms with Gasteiger partial charge >= 0.3 is 0 Å². The molecule has 0 aliphatic heterocycles. The van der Waals surface area contributed by atoms with Crippen LogP contribution in [0.4, 0.5) is 5.69 Å². The Morgan fingerprint density at radius 2 is 2.21 bits per heavy atom. The number of phenolic OH excluding ortho intramolecular Hbond substituents is 1.